The van der Waals surface area contributed by atoms with Crippen LogP contribution in [0.4, 0.5) is 0 Å². The van der Waals surface area contributed by atoms with Gasteiger partial charge in [-0.25, -0.2) is 4.79 Å². The van der Waals surface area contributed by atoms with Gasteiger partial charge in [0.2, 0.25) is 0 Å². The van der Waals surface area contributed by atoms with Gasteiger partial charge in [0, 0.05) is 17.7 Å². The van der Waals surface area contributed by atoms with Gasteiger partial charge in [0.15, 0.2) is 11.5 Å². The van der Waals surface area contributed by atoms with Gasteiger partial charge in [-0.05, 0) is 24.5 Å². The van der Waals surface area contributed by atoms with Crippen LogP contribution < -0.4 is 4.74 Å². The van der Waals surface area contributed by atoms with E-state index >= 15 is 0 Å². The average Bonchev–Trinajstić information content (AvgIpc) is 2.55. The number of carboxylic acids is 1. The van der Waals surface area contributed by atoms with E-state index in [1.807, 2.05) is 13.8 Å². The van der Waals surface area contributed by atoms with E-state index in [-0.39, 0.29) is 44.9 Å². The molecule has 0 radical (unpaired) electrons. The molecular weight excluding hydrogens is 360 g/mol. The van der Waals surface area contributed by atoms with Crippen LogP contribution in [0.5, 0.6) is 28.7 Å². The zero-order valence-corrected chi connectivity index (χ0v) is 15.3. The molecule has 0 aliphatic heterocycles. The zero-order chi connectivity index (χ0) is 19.4. The lowest BCUT2D eigenvalue weighted by Gasteiger charge is -2.18. The number of rotatable bonds is 7. The van der Waals surface area contributed by atoms with Gasteiger partial charge in [-0.15, -0.1) is 0 Å². The fourth-order valence-corrected chi connectivity index (χ4v) is 3.05. The molecule has 26 heavy (non-hydrogen) atoms. The first-order valence-electron chi connectivity index (χ1n) is 8.30. The molecular formula is C19H21ClO6. The number of phenols is 3. The Bertz CT molecular complexity index is 832. The average molecular weight is 381 g/mol. The molecule has 6 nitrogen and oxygen atoms in total. The highest BCUT2D eigenvalue weighted by Gasteiger charge is 2.24. The third kappa shape index (κ3) is 3.96. The quantitative estimate of drug-likeness (QED) is 0.546. The molecule has 7 heteroatoms. The number of aromatic hydroxyl groups is 3. The minimum Gasteiger partial charge on any atom is -0.508 e. The highest BCUT2D eigenvalue weighted by Crippen LogP contribution is 2.43. The predicted molar refractivity (Wildman–Crippen MR) is 97.9 cm³/mol. The largest absolute Gasteiger partial charge is 0.508 e. The molecule has 0 bridgehead atoms. The molecule has 0 atom stereocenters. The first-order valence-corrected chi connectivity index (χ1v) is 8.68. The fraction of sp³-hybridized carbons (Fsp3) is 0.316. The molecule has 140 valence electrons. The van der Waals surface area contributed by atoms with E-state index in [1.54, 1.807) is 0 Å². The van der Waals surface area contributed by atoms with E-state index in [2.05, 4.69) is 0 Å². The third-order valence-electron chi connectivity index (χ3n) is 3.88. The lowest BCUT2D eigenvalue weighted by molar-refractivity contribution is 0.0692. The van der Waals surface area contributed by atoms with Crippen LogP contribution in [0.1, 0.15) is 48.2 Å². The molecule has 0 fully saturated rings. The third-order valence-corrected chi connectivity index (χ3v) is 4.30. The van der Waals surface area contributed by atoms with Crippen molar-refractivity contribution in [1.82, 2.24) is 0 Å². The lowest BCUT2D eigenvalue weighted by Crippen LogP contribution is -2.07. The summed E-state index contributed by atoms with van der Waals surface area (Å²) in [6, 6.07) is 3.67. The Balaban J connectivity index is 2.65. The van der Waals surface area contributed by atoms with Crippen molar-refractivity contribution in [2.45, 2.75) is 39.5 Å². The van der Waals surface area contributed by atoms with Crippen LogP contribution in [0.25, 0.3) is 0 Å². The van der Waals surface area contributed by atoms with Crippen LogP contribution in [0.2, 0.25) is 5.02 Å². The van der Waals surface area contributed by atoms with Crippen molar-refractivity contribution in [3.8, 4) is 28.7 Å². The van der Waals surface area contributed by atoms with Gasteiger partial charge in [-0.2, -0.15) is 0 Å². The summed E-state index contributed by atoms with van der Waals surface area (Å²) in [5.74, 6) is -2.08. The second-order valence-electron chi connectivity index (χ2n) is 5.92. The summed E-state index contributed by atoms with van der Waals surface area (Å²) in [6.45, 7) is 3.78. The Labute approximate surface area is 156 Å². The standard InChI is InChI=1S/C19H21ClO6/c1-3-5-10-7-11(21)8-14(23)18(10)26-15-9-13(22)17(20)12(6-4-2)16(15)19(24)25/h7-9,21-23H,3-6H2,1-2H3,(H,24,25). The summed E-state index contributed by atoms with van der Waals surface area (Å²) in [4.78, 5) is 11.8. The van der Waals surface area contributed by atoms with Gasteiger partial charge in [-0.3, -0.25) is 0 Å². The molecule has 0 saturated heterocycles. The lowest BCUT2D eigenvalue weighted by atomic mass is 10.0. The molecule has 0 amide bonds. The molecule has 0 unspecified atom stereocenters. The number of aryl methyl sites for hydroxylation is 1. The van der Waals surface area contributed by atoms with Crippen LogP contribution in [0.3, 0.4) is 0 Å². The maximum Gasteiger partial charge on any atom is 0.339 e. The molecule has 2 aromatic carbocycles. The van der Waals surface area contributed by atoms with Crippen LogP contribution in [0.15, 0.2) is 18.2 Å². The van der Waals surface area contributed by atoms with Crippen molar-refractivity contribution in [1.29, 1.82) is 0 Å². The van der Waals surface area contributed by atoms with Crippen molar-refractivity contribution in [2.24, 2.45) is 0 Å². The maximum atomic E-state index is 11.8. The van der Waals surface area contributed by atoms with Gasteiger partial charge in [-0.1, -0.05) is 38.3 Å². The smallest absolute Gasteiger partial charge is 0.339 e. The van der Waals surface area contributed by atoms with Crippen molar-refractivity contribution in [3.05, 3.63) is 39.9 Å². The number of halogens is 1. The summed E-state index contributed by atoms with van der Waals surface area (Å²) in [5.41, 5.74) is 0.629. The van der Waals surface area contributed by atoms with E-state index < -0.39 is 5.97 Å². The van der Waals surface area contributed by atoms with Crippen molar-refractivity contribution in [2.75, 3.05) is 0 Å². The SMILES string of the molecule is CCCc1cc(O)cc(O)c1Oc1cc(O)c(Cl)c(CCC)c1C(=O)O. The number of benzene rings is 2. The maximum absolute atomic E-state index is 11.8. The number of ether oxygens (including phenoxy) is 1. The monoisotopic (exact) mass is 380 g/mol. The topological polar surface area (TPSA) is 107 Å². The predicted octanol–water partition coefficient (Wildman–Crippen LogP) is 4.85. The van der Waals surface area contributed by atoms with Gasteiger partial charge in [0.05, 0.1) is 5.02 Å². The van der Waals surface area contributed by atoms with Crippen molar-refractivity contribution in [3.63, 3.8) is 0 Å². The van der Waals surface area contributed by atoms with Gasteiger partial charge >= 0.3 is 5.97 Å². The first-order chi connectivity index (χ1) is 12.3. The fourth-order valence-electron chi connectivity index (χ4n) is 2.81. The number of phenolic OH excluding ortho intramolecular Hbond substituents is 3. The Kier molecular flexibility index (Phi) is 6.21. The van der Waals surface area contributed by atoms with E-state index in [0.29, 0.717) is 24.8 Å². The Morgan fingerprint density at radius 1 is 1.04 bits per heavy atom. The van der Waals surface area contributed by atoms with Crippen LogP contribution in [0, 0.1) is 0 Å². The molecule has 0 spiro atoms. The summed E-state index contributed by atoms with van der Waals surface area (Å²) < 4.78 is 5.70. The summed E-state index contributed by atoms with van der Waals surface area (Å²) >= 11 is 6.08. The van der Waals surface area contributed by atoms with Crippen LogP contribution in [-0.2, 0) is 12.8 Å². The van der Waals surface area contributed by atoms with E-state index in [0.717, 1.165) is 18.6 Å². The summed E-state index contributed by atoms with van der Waals surface area (Å²) in [6.07, 6.45) is 2.18. The Morgan fingerprint density at radius 3 is 2.27 bits per heavy atom. The molecule has 0 aromatic heterocycles. The van der Waals surface area contributed by atoms with E-state index in [9.17, 15) is 25.2 Å². The minimum atomic E-state index is -1.25. The molecule has 2 rings (SSSR count). The Hall–Kier alpha value is -2.60. The second kappa shape index (κ2) is 8.19. The summed E-state index contributed by atoms with van der Waals surface area (Å²) in [5, 5.41) is 39.5. The van der Waals surface area contributed by atoms with Crippen molar-refractivity contribution >= 4 is 17.6 Å². The minimum absolute atomic E-state index is 0.0275. The zero-order valence-electron chi connectivity index (χ0n) is 14.5. The van der Waals surface area contributed by atoms with E-state index in [4.69, 9.17) is 16.3 Å². The highest BCUT2D eigenvalue weighted by molar-refractivity contribution is 6.33. The Morgan fingerprint density at radius 2 is 1.69 bits per heavy atom. The molecule has 4 N–H and O–H groups in total. The number of hydrogen-bond acceptors (Lipinski definition) is 5. The van der Waals surface area contributed by atoms with Crippen LogP contribution in [-0.4, -0.2) is 26.4 Å². The molecule has 0 heterocycles. The van der Waals surface area contributed by atoms with Crippen LogP contribution >= 0.6 is 11.6 Å². The molecule has 0 aliphatic rings. The molecule has 0 saturated carbocycles. The van der Waals surface area contributed by atoms with Crippen molar-refractivity contribution < 1.29 is 30.0 Å². The summed E-state index contributed by atoms with van der Waals surface area (Å²) in [7, 11) is 0. The molecule has 2 aromatic rings. The molecule has 0 aliphatic carbocycles. The van der Waals surface area contributed by atoms with Gasteiger partial charge in [0.1, 0.15) is 22.8 Å². The number of aromatic carboxylic acids is 1. The number of hydrogen-bond donors (Lipinski definition) is 4. The number of carbonyl (C=O) groups is 1. The van der Waals surface area contributed by atoms with Gasteiger partial charge in [0.25, 0.3) is 0 Å². The second-order valence-corrected chi connectivity index (χ2v) is 6.30. The number of carboxylic acid groups (broad SMARTS) is 1. The normalized spacial score (nSPS) is 10.7. The first kappa shape index (κ1) is 19.7. The van der Waals surface area contributed by atoms with E-state index in [1.165, 1.54) is 6.07 Å². The van der Waals surface area contributed by atoms with Gasteiger partial charge < -0.3 is 25.2 Å². The highest BCUT2D eigenvalue weighted by atomic mass is 35.5.